The summed E-state index contributed by atoms with van der Waals surface area (Å²) in [4.78, 5) is -0.0561. The lowest BCUT2D eigenvalue weighted by molar-refractivity contribution is 0.0961. The highest BCUT2D eigenvalue weighted by Crippen LogP contribution is 2.26. The number of sulfonamides is 1. The van der Waals surface area contributed by atoms with E-state index in [9.17, 15) is 8.42 Å². The zero-order chi connectivity index (χ0) is 14.5. The Hall–Kier alpha value is -0.860. The molecule has 0 spiro atoms. The number of nitrogens with two attached hydrogens (primary N) is 1. The first-order valence-electron chi connectivity index (χ1n) is 5.62. The van der Waals surface area contributed by atoms with Crippen molar-refractivity contribution in [3.05, 3.63) is 22.7 Å². The topological polar surface area (TPSA) is 102 Å². The molecule has 0 saturated heterocycles. The molecule has 1 aromatic carbocycles. The molecule has 0 saturated carbocycles. The standard InChI is InChI=1S/C11H17ClN2O4S/c1-8-6-9(12)11(7-10(8)13)19(16,17)14-2-4-18-5-3-15/h6-7,14-15H,2-5,13H2,1H3. The molecular formula is C11H17ClN2O4S. The minimum atomic E-state index is -3.72. The molecule has 8 heteroatoms. The van der Waals surface area contributed by atoms with Gasteiger partial charge in [0.25, 0.3) is 0 Å². The molecule has 0 radical (unpaired) electrons. The van der Waals surface area contributed by atoms with Crippen molar-refractivity contribution < 1.29 is 18.3 Å². The Morgan fingerprint density at radius 3 is 2.74 bits per heavy atom. The van der Waals surface area contributed by atoms with Crippen LogP contribution in [0.15, 0.2) is 17.0 Å². The van der Waals surface area contributed by atoms with Crippen molar-refractivity contribution in [1.82, 2.24) is 4.72 Å². The fourth-order valence-electron chi connectivity index (χ4n) is 1.37. The molecule has 0 aliphatic carbocycles. The minimum Gasteiger partial charge on any atom is -0.398 e. The monoisotopic (exact) mass is 308 g/mol. The number of hydrogen-bond donors (Lipinski definition) is 3. The van der Waals surface area contributed by atoms with Crippen molar-refractivity contribution in [3.63, 3.8) is 0 Å². The van der Waals surface area contributed by atoms with Crippen LogP contribution in [0.5, 0.6) is 0 Å². The number of aliphatic hydroxyl groups is 1. The second-order valence-electron chi connectivity index (χ2n) is 3.87. The van der Waals surface area contributed by atoms with Crippen LogP contribution >= 0.6 is 11.6 Å². The number of ether oxygens (including phenoxy) is 1. The number of nitrogen functional groups attached to an aromatic ring is 1. The maximum atomic E-state index is 12.0. The van der Waals surface area contributed by atoms with Gasteiger partial charge in [0.05, 0.1) is 24.8 Å². The van der Waals surface area contributed by atoms with Crippen molar-refractivity contribution in [1.29, 1.82) is 0 Å². The maximum Gasteiger partial charge on any atom is 0.242 e. The quantitative estimate of drug-likeness (QED) is 0.503. The van der Waals surface area contributed by atoms with Crippen LogP contribution < -0.4 is 10.5 Å². The van der Waals surface area contributed by atoms with Crippen LogP contribution in [0.3, 0.4) is 0 Å². The summed E-state index contributed by atoms with van der Waals surface area (Å²) in [5, 5.41) is 8.62. The number of nitrogens with one attached hydrogen (secondary N) is 1. The highest BCUT2D eigenvalue weighted by atomic mass is 35.5. The van der Waals surface area contributed by atoms with E-state index >= 15 is 0 Å². The van der Waals surface area contributed by atoms with Crippen LogP contribution in [0.25, 0.3) is 0 Å². The van der Waals surface area contributed by atoms with Crippen LogP contribution in [0, 0.1) is 6.92 Å². The lowest BCUT2D eigenvalue weighted by atomic mass is 10.2. The second-order valence-corrected chi connectivity index (χ2v) is 6.02. The molecule has 0 unspecified atom stereocenters. The minimum absolute atomic E-state index is 0.0561. The van der Waals surface area contributed by atoms with E-state index < -0.39 is 10.0 Å². The molecule has 6 nitrogen and oxygen atoms in total. The normalized spacial score (nSPS) is 11.7. The number of aryl methyl sites for hydroxylation is 1. The molecule has 1 rings (SSSR count). The Kier molecular flexibility index (Phi) is 6.02. The van der Waals surface area contributed by atoms with Gasteiger partial charge in [0.15, 0.2) is 0 Å². The van der Waals surface area contributed by atoms with Crippen molar-refractivity contribution >= 4 is 27.3 Å². The van der Waals surface area contributed by atoms with Crippen molar-refractivity contribution in [2.45, 2.75) is 11.8 Å². The molecule has 0 atom stereocenters. The average Bonchev–Trinajstić information content (AvgIpc) is 2.33. The predicted octanol–water partition coefficient (Wildman–Crippen LogP) is 0.518. The molecule has 0 fully saturated rings. The van der Waals surface area contributed by atoms with E-state index in [0.717, 1.165) is 5.56 Å². The van der Waals surface area contributed by atoms with E-state index in [-0.39, 0.29) is 36.3 Å². The first-order chi connectivity index (χ1) is 8.88. The van der Waals surface area contributed by atoms with Gasteiger partial charge in [0.1, 0.15) is 4.90 Å². The summed E-state index contributed by atoms with van der Waals surface area (Å²) in [5.41, 5.74) is 6.76. The molecule has 0 aliphatic rings. The Morgan fingerprint density at radius 1 is 1.42 bits per heavy atom. The Morgan fingerprint density at radius 2 is 2.11 bits per heavy atom. The van der Waals surface area contributed by atoms with Gasteiger partial charge in [-0.3, -0.25) is 0 Å². The molecule has 0 heterocycles. The molecule has 1 aromatic rings. The highest BCUT2D eigenvalue weighted by molar-refractivity contribution is 7.89. The number of anilines is 1. The van der Waals surface area contributed by atoms with E-state index in [1.165, 1.54) is 12.1 Å². The summed E-state index contributed by atoms with van der Waals surface area (Å²) in [6.45, 7) is 2.06. The molecule has 108 valence electrons. The number of rotatable bonds is 7. The molecule has 0 aromatic heterocycles. The molecule has 0 bridgehead atoms. The van der Waals surface area contributed by atoms with E-state index in [2.05, 4.69) is 4.72 Å². The van der Waals surface area contributed by atoms with Gasteiger partial charge in [-0.15, -0.1) is 0 Å². The average molecular weight is 309 g/mol. The third kappa shape index (κ3) is 4.63. The largest absolute Gasteiger partial charge is 0.398 e. The Balaban J connectivity index is 2.75. The zero-order valence-electron chi connectivity index (χ0n) is 10.5. The van der Waals surface area contributed by atoms with Gasteiger partial charge in [-0.25, -0.2) is 13.1 Å². The van der Waals surface area contributed by atoms with Gasteiger partial charge < -0.3 is 15.6 Å². The number of hydrogen-bond acceptors (Lipinski definition) is 5. The highest BCUT2D eigenvalue weighted by Gasteiger charge is 2.18. The predicted molar refractivity (Wildman–Crippen MR) is 73.7 cm³/mol. The van der Waals surface area contributed by atoms with Crippen molar-refractivity contribution in [2.75, 3.05) is 32.1 Å². The summed E-state index contributed by atoms with van der Waals surface area (Å²) < 4.78 is 31.3. The summed E-state index contributed by atoms with van der Waals surface area (Å²) in [5.74, 6) is 0. The van der Waals surface area contributed by atoms with Crippen LogP contribution in [-0.2, 0) is 14.8 Å². The zero-order valence-corrected chi connectivity index (χ0v) is 12.1. The lowest BCUT2D eigenvalue weighted by Gasteiger charge is -2.10. The van der Waals surface area contributed by atoms with E-state index in [1.807, 2.05) is 0 Å². The first kappa shape index (κ1) is 16.2. The van der Waals surface area contributed by atoms with Gasteiger partial charge >= 0.3 is 0 Å². The molecule has 19 heavy (non-hydrogen) atoms. The van der Waals surface area contributed by atoms with Crippen LogP contribution in [0.1, 0.15) is 5.56 Å². The van der Waals surface area contributed by atoms with Gasteiger partial charge in [0.2, 0.25) is 10.0 Å². The van der Waals surface area contributed by atoms with Crippen molar-refractivity contribution in [3.8, 4) is 0 Å². The lowest BCUT2D eigenvalue weighted by Crippen LogP contribution is -2.28. The smallest absolute Gasteiger partial charge is 0.242 e. The molecule has 0 aliphatic heterocycles. The summed E-state index contributed by atoms with van der Waals surface area (Å²) >= 11 is 5.91. The third-order valence-corrected chi connectivity index (χ3v) is 4.31. The van der Waals surface area contributed by atoms with Gasteiger partial charge in [-0.2, -0.15) is 0 Å². The molecule has 0 amide bonds. The molecule has 4 N–H and O–H groups in total. The summed E-state index contributed by atoms with van der Waals surface area (Å²) in [6, 6.07) is 2.84. The van der Waals surface area contributed by atoms with Crippen LogP contribution in [-0.4, -0.2) is 39.9 Å². The fraction of sp³-hybridized carbons (Fsp3) is 0.455. The Labute approximate surface area is 117 Å². The third-order valence-electron chi connectivity index (χ3n) is 2.38. The van der Waals surface area contributed by atoms with E-state index in [0.29, 0.717) is 5.69 Å². The number of benzene rings is 1. The Bertz CT molecular complexity index is 534. The SMILES string of the molecule is Cc1cc(Cl)c(S(=O)(=O)NCCOCCO)cc1N. The van der Waals surface area contributed by atoms with Gasteiger partial charge in [-0.1, -0.05) is 11.6 Å². The maximum absolute atomic E-state index is 12.0. The van der Waals surface area contributed by atoms with Crippen LogP contribution in [0.2, 0.25) is 5.02 Å². The van der Waals surface area contributed by atoms with Crippen LogP contribution in [0.4, 0.5) is 5.69 Å². The first-order valence-corrected chi connectivity index (χ1v) is 7.48. The van der Waals surface area contributed by atoms with E-state index in [1.54, 1.807) is 6.92 Å². The van der Waals surface area contributed by atoms with E-state index in [4.69, 9.17) is 27.2 Å². The second kappa shape index (κ2) is 7.06. The summed E-state index contributed by atoms with van der Waals surface area (Å²) in [7, 11) is -3.72. The van der Waals surface area contributed by atoms with Gasteiger partial charge in [0, 0.05) is 12.2 Å². The summed E-state index contributed by atoms with van der Waals surface area (Å²) in [6.07, 6.45) is 0. The van der Waals surface area contributed by atoms with Crippen molar-refractivity contribution in [2.24, 2.45) is 0 Å². The number of aliphatic hydroxyl groups excluding tert-OH is 1. The molecular weight excluding hydrogens is 292 g/mol. The number of halogens is 1. The fourth-order valence-corrected chi connectivity index (χ4v) is 3.00. The van der Waals surface area contributed by atoms with Gasteiger partial charge in [-0.05, 0) is 24.6 Å².